The number of carbonyl (C=O) groups is 2. The SMILES string of the molecule is CC[C@@H]1OC(=O)[C@H](C)[C@H]2OCC(=NOCc3cccc4nccnc34)CO[C@](C)(C[C@@H](C)C3=NCCN4C(=O)O[C@@]1(C)[C@H]4[C@H]3C)[C@@H](O[C@H]1O[C@@H](C)C[C@@H](N(C)C)[C@@H]1O)[C@@H]2C. The van der Waals surface area contributed by atoms with Crippen molar-refractivity contribution in [2.45, 2.75) is 141 Å². The number of benzene rings is 1. The van der Waals surface area contributed by atoms with Crippen molar-refractivity contribution in [2.24, 2.45) is 33.8 Å². The number of likely N-dealkylation sites (N-methyl/N-ethyl adjacent to an activating group) is 1. The Morgan fingerprint density at radius 2 is 1.82 bits per heavy atom. The predicted octanol–water partition coefficient (Wildman–Crippen LogP) is 4.79. The number of oxime groups is 1. The molecule has 4 fully saturated rings. The van der Waals surface area contributed by atoms with E-state index in [1.165, 1.54) is 0 Å². The summed E-state index contributed by atoms with van der Waals surface area (Å²) in [5, 5.41) is 16.4. The lowest BCUT2D eigenvalue weighted by Gasteiger charge is -2.48. The van der Waals surface area contributed by atoms with Crippen molar-refractivity contribution in [1.29, 1.82) is 0 Å². The Hall–Kier alpha value is -3.80. The Labute approximate surface area is 353 Å². The Kier molecular flexibility index (Phi) is 13.2. The molecule has 14 atom stereocenters. The molecule has 330 valence electrons. The van der Waals surface area contributed by atoms with Crippen LogP contribution in [0.2, 0.25) is 0 Å². The number of aliphatic hydroxyl groups is 1. The minimum atomic E-state index is -1.14. The van der Waals surface area contributed by atoms with Crippen LogP contribution in [-0.4, -0.2) is 149 Å². The molecule has 1 N–H and O–H groups in total. The number of para-hydroxylation sites is 1. The first-order chi connectivity index (χ1) is 28.6. The summed E-state index contributed by atoms with van der Waals surface area (Å²) in [6.45, 7) is 16.7. The molecule has 4 bridgehead atoms. The standard InChI is InChI=1S/C44H64N6O10/c1-11-33-44(8)38-26(4)34(47-17-18-50(38)42(53)60-44)24(2)20-43(7)39(59-41-36(51)32(49(9)10)19-25(3)57-41)27(5)37(28(6)40(52)58-33)54-22-30(23-55-43)48-56-21-29-13-12-14-31-35(29)46-16-15-45-31/h12-16,24-28,32-33,36-39,41,51H,11,17-23H2,1-10H3/t24-,25+,26+,27-,28-,32-,33+,36+,37+,38-,39+,41-,43-,44-/m1/s1. The fourth-order valence-electron chi connectivity index (χ4n) is 10.6. The number of aromatic nitrogens is 2. The van der Waals surface area contributed by atoms with Crippen LogP contribution in [0.3, 0.4) is 0 Å². The first-order valence-electron chi connectivity index (χ1n) is 21.6. The largest absolute Gasteiger partial charge is 0.458 e. The van der Waals surface area contributed by atoms with Crippen LogP contribution in [0.4, 0.5) is 4.79 Å². The minimum absolute atomic E-state index is 0.0122. The van der Waals surface area contributed by atoms with E-state index in [1.54, 1.807) is 24.2 Å². The Bertz CT molecular complexity index is 1930. The topological polar surface area (TPSA) is 176 Å². The predicted molar refractivity (Wildman–Crippen MR) is 222 cm³/mol. The number of amides is 1. The highest BCUT2D eigenvalue weighted by molar-refractivity contribution is 5.91. The van der Waals surface area contributed by atoms with Gasteiger partial charge in [-0.25, -0.2) is 4.79 Å². The molecule has 16 nitrogen and oxygen atoms in total. The summed E-state index contributed by atoms with van der Waals surface area (Å²) in [6, 6.07) is 5.05. The lowest BCUT2D eigenvalue weighted by Crippen LogP contribution is -2.60. The van der Waals surface area contributed by atoms with Crippen LogP contribution in [0.5, 0.6) is 0 Å². The average molecular weight is 837 g/mol. The maximum absolute atomic E-state index is 14.6. The van der Waals surface area contributed by atoms with Gasteiger partial charge in [-0.05, 0) is 73.0 Å². The summed E-state index contributed by atoms with van der Waals surface area (Å²) in [5.41, 5.74) is 1.42. The molecule has 0 unspecified atom stereocenters. The Morgan fingerprint density at radius 3 is 2.57 bits per heavy atom. The third kappa shape index (κ3) is 8.52. The van der Waals surface area contributed by atoms with Crippen molar-refractivity contribution < 1.29 is 48.0 Å². The number of fused-ring (bicyclic) bond motifs is 5. The highest BCUT2D eigenvalue weighted by Crippen LogP contribution is 2.45. The van der Waals surface area contributed by atoms with Gasteiger partial charge in [-0.1, -0.05) is 45.0 Å². The highest BCUT2D eigenvalue weighted by atomic mass is 16.7. The van der Waals surface area contributed by atoms with Gasteiger partial charge in [-0.2, -0.15) is 0 Å². The van der Waals surface area contributed by atoms with E-state index in [1.807, 2.05) is 71.8 Å². The molecule has 6 heterocycles. The van der Waals surface area contributed by atoms with Gasteiger partial charge in [0.2, 0.25) is 0 Å². The van der Waals surface area contributed by atoms with Crippen molar-refractivity contribution in [3.05, 3.63) is 36.2 Å². The molecule has 0 aliphatic carbocycles. The zero-order valence-electron chi connectivity index (χ0n) is 36.8. The molecular weight excluding hydrogens is 773 g/mol. The van der Waals surface area contributed by atoms with Crippen LogP contribution in [0, 0.1) is 23.7 Å². The summed E-state index contributed by atoms with van der Waals surface area (Å²) < 4.78 is 39.9. The second kappa shape index (κ2) is 17.9. The average Bonchev–Trinajstić information content (AvgIpc) is 3.36. The van der Waals surface area contributed by atoms with E-state index in [4.69, 9.17) is 38.3 Å². The first kappa shape index (κ1) is 44.3. The fraction of sp³-hybridized carbons (Fsp3) is 0.727. The fourth-order valence-corrected chi connectivity index (χ4v) is 10.6. The van der Waals surface area contributed by atoms with Crippen LogP contribution in [-0.2, 0) is 44.7 Å². The van der Waals surface area contributed by atoms with E-state index < -0.39 is 71.8 Å². The van der Waals surface area contributed by atoms with Crippen LogP contribution in [0.1, 0.15) is 80.2 Å². The molecule has 0 spiro atoms. The zero-order valence-corrected chi connectivity index (χ0v) is 36.8. The molecule has 1 amide bonds. The number of aliphatic imine (C=N–C) groups is 1. The molecule has 5 aliphatic heterocycles. The molecule has 60 heavy (non-hydrogen) atoms. The van der Waals surface area contributed by atoms with Crippen molar-refractivity contribution in [2.75, 3.05) is 40.4 Å². The van der Waals surface area contributed by atoms with Crippen LogP contribution in [0.25, 0.3) is 11.0 Å². The maximum Gasteiger partial charge on any atom is 0.410 e. The van der Waals surface area contributed by atoms with Crippen molar-refractivity contribution in [3.8, 4) is 0 Å². The summed E-state index contributed by atoms with van der Waals surface area (Å²) in [6.07, 6.45) is -0.206. The molecule has 0 radical (unpaired) electrons. The summed E-state index contributed by atoms with van der Waals surface area (Å²) in [7, 11) is 3.87. The number of ether oxygens (including phenoxy) is 6. The van der Waals surface area contributed by atoms with Crippen LogP contribution in [0.15, 0.2) is 40.7 Å². The van der Waals surface area contributed by atoms with E-state index >= 15 is 0 Å². The smallest absolute Gasteiger partial charge is 0.410 e. The van der Waals surface area contributed by atoms with E-state index in [-0.39, 0.29) is 43.8 Å². The number of cyclic esters (lactones) is 1. The molecule has 0 saturated carbocycles. The monoisotopic (exact) mass is 836 g/mol. The van der Waals surface area contributed by atoms with Crippen molar-refractivity contribution in [1.82, 2.24) is 19.8 Å². The highest BCUT2D eigenvalue weighted by Gasteiger charge is 2.60. The van der Waals surface area contributed by atoms with E-state index in [2.05, 4.69) is 29.0 Å². The van der Waals surface area contributed by atoms with Gasteiger partial charge >= 0.3 is 12.1 Å². The zero-order chi connectivity index (χ0) is 43.1. The van der Waals surface area contributed by atoms with Gasteiger partial charge in [0.1, 0.15) is 24.5 Å². The van der Waals surface area contributed by atoms with E-state index in [9.17, 15) is 14.7 Å². The van der Waals surface area contributed by atoms with Gasteiger partial charge < -0.3 is 43.3 Å². The number of carbonyl (C=O) groups excluding carboxylic acids is 2. The number of hydrogen-bond donors (Lipinski definition) is 1. The molecule has 1 aromatic heterocycles. The van der Waals surface area contributed by atoms with E-state index in [0.717, 1.165) is 22.3 Å². The number of nitrogens with zero attached hydrogens (tertiary/aromatic N) is 6. The molecule has 1 aromatic carbocycles. The Morgan fingerprint density at radius 1 is 1.05 bits per heavy atom. The second-order valence-corrected chi connectivity index (χ2v) is 18.2. The number of hydrogen-bond acceptors (Lipinski definition) is 15. The van der Waals surface area contributed by atoms with Crippen molar-refractivity contribution in [3.63, 3.8) is 0 Å². The normalized spacial score (nSPS) is 39.9. The lowest BCUT2D eigenvalue weighted by molar-refractivity contribution is -0.302. The van der Waals surface area contributed by atoms with Crippen LogP contribution < -0.4 is 0 Å². The molecular formula is C44H64N6O10. The summed E-state index contributed by atoms with van der Waals surface area (Å²) in [5.74, 6) is -2.29. The minimum Gasteiger partial charge on any atom is -0.458 e. The van der Waals surface area contributed by atoms with Gasteiger partial charge in [0, 0.05) is 48.1 Å². The molecule has 5 aliphatic rings. The lowest BCUT2D eigenvalue weighted by atomic mass is 9.72. The number of esters is 1. The second-order valence-electron chi connectivity index (χ2n) is 18.2. The maximum atomic E-state index is 14.6. The van der Waals surface area contributed by atoms with Gasteiger partial charge in [0.15, 0.2) is 11.9 Å². The van der Waals surface area contributed by atoms with Crippen LogP contribution >= 0.6 is 0 Å². The quantitative estimate of drug-likeness (QED) is 0.298. The van der Waals surface area contributed by atoms with Gasteiger partial charge in [0.05, 0.1) is 66.7 Å². The first-order valence-corrected chi connectivity index (χ1v) is 21.6. The summed E-state index contributed by atoms with van der Waals surface area (Å²) >= 11 is 0. The number of rotatable bonds is 7. The van der Waals surface area contributed by atoms with E-state index in [0.29, 0.717) is 38.1 Å². The summed E-state index contributed by atoms with van der Waals surface area (Å²) in [4.78, 5) is 51.9. The van der Waals surface area contributed by atoms with Gasteiger partial charge in [0.25, 0.3) is 0 Å². The van der Waals surface area contributed by atoms with Gasteiger partial charge in [-0.15, -0.1) is 0 Å². The molecule has 2 aromatic rings. The third-order valence-electron chi connectivity index (χ3n) is 13.6. The molecule has 7 rings (SSSR count). The van der Waals surface area contributed by atoms with Gasteiger partial charge in [-0.3, -0.25) is 24.7 Å². The van der Waals surface area contributed by atoms with Crippen molar-refractivity contribution >= 4 is 34.5 Å². The third-order valence-corrected chi connectivity index (χ3v) is 13.6. The molecule has 4 saturated heterocycles. The Balaban J connectivity index is 1.31. The molecule has 16 heteroatoms. The number of aliphatic hydroxyl groups excluding tert-OH is 1.